The SMILES string of the molecule is COCC1(CN2CCCCC2C)CCNCC1. The molecule has 2 aliphatic rings. The van der Waals surface area contributed by atoms with E-state index in [0.717, 1.165) is 25.7 Å². The van der Waals surface area contributed by atoms with Crippen molar-refractivity contribution in [3.63, 3.8) is 0 Å². The third-order valence-corrected chi connectivity index (χ3v) is 4.59. The number of rotatable bonds is 4. The molecule has 0 aliphatic carbocycles. The summed E-state index contributed by atoms with van der Waals surface area (Å²) in [5, 5.41) is 3.47. The molecule has 2 aliphatic heterocycles. The fourth-order valence-corrected chi connectivity index (χ4v) is 3.43. The second kappa shape index (κ2) is 6.17. The minimum Gasteiger partial charge on any atom is -0.384 e. The Balaban J connectivity index is 1.95. The van der Waals surface area contributed by atoms with Crippen LogP contribution in [0.15, 0.2) is 0 Å². The molecule has 1 unspecified atom stereocenters. The van der Waals surface area contributed by atoms with Gasteiger partial charge in [0, 0.05) is 25.1 Å². The van der Waals surface area contributed by atoms with Crippen LogP contribution < -0.4 is 5.32 Å². The molecule has 0 amide bonds. The monoisotopic (exact) mass is 240 g/mol. The van der Waals surface area contributed by atoms with E-state index in [2.05, 4.69) is 17.1 Å². The van der Waals surface area contributed by atoms with Gasteiger partial charge in [0.15, 0.2) is 0 Å². The maximum absolute atomic E-state index is 5.51. The molecule has 3 nitrogen and oxygen atoms in total. The molecular weight excluding hydrogens is 212 g/mol. The zero-order valence-corrected chi connectivity index (χ0v) is 11.5. The second-order valence-electron chi connectivity index (χ2n) is 6.00. The normalized spacial score (nSPS) is 30.4. The summed E-state index contributed by atoms with van der Waals surface area (Å²) in [4.78, 5) is 2.70. The van der Waals surface area contributed by atoms with Gasteiger partial charge in [0.2, 0.25) is 0 Å². The van der Waals surface area contributed by atoms with Crippen molar-refractivity contribution in [1.82, 2.24) is 10.2 Å². The molecule has 2 fully saturated rings. The van der Waals surface area contributed by atoms with Gasteiger partial charge in [-0.2, -0.15) is 0 Å². The number of likely N-dealkylation sites (tertiary alicyclic amines) is 1. The Hall–Kier alpha value is -0.120. The van der Waals surface area contributed by atoms with E-state index in [1.165, 1.54) is 45.2 Å². The first-order valence-electron chi connectivity index (χ1n) is 7.19. The van der Waals surface area contributed by atoms with Crippen molar-refractivity contribution in [3.05, 3.63) is 0 Å². The standard InChI is InChI=1S/C14H28N2O/c1-13-5-3-4-10-16(13)11-14(12-17-2)6-8-15-9-7-14/h13,15H,3-12H2,1-2H3. The zero-order chi connectivity index (χ0) is 12.1. The van der Waals surface area contributed by atoms with Gasteiger partial charge in [-0.1, -0.05) is 6.42 Å². The smallest absolute Gasteiger partial charge is 0.0531 e. The molecule has 0 spiro atoms. The van der Waals surface area contributed by atoms with Crippen molar-refractivity contribution in [2.75, 3.05) is 39.9 Å². The summed E-state index contributed by atoms with van der Waals surface area (Å²) < 4.78 is 5.51. The van der Waals surface area contributed by atoms with Crippen LogP contribution in [0.25, 0.3) is 0 Å². The van der Waals surface area contributed by atoms with Gasteiger partial charge in [-0.25, -0.2) is 0 Å². The maximum atomic E-state index is 5.51. The van der Waals surface area contributed by atoms with E-state index in [4.69, 9.17) is 4.74 Å². The van der Waals surface area contributed by atoms with Gasteiger partial charge in [0.1, 0.15) is 0 Å². The highest BCUT2D eigenvalue weighted by atomic mass is 16.5. The summed E-state index contributed by atoms with van der Waals surface area (Å²) in [7, 11) is 1.85. The third kappa shape index (κ3) is 3.43. The Labute approximate surface area is 106 Å². The summed E-state index contributed by atoms with van der Waals surface area (Å²) >= 11 is 0. The van der Waals surface area contributed by atoms with E-state index in [1.54, 1.807) is 0 Å². The van der Waals surface area contributed by atoms with Crippen molar-refractivity contribution in [1.29, 1.82) is 0 Å². The fourth-order valence-electron chi connectivity index (χ4n) is 3.43. The van der Waals surface area contributed by atoms with E-state index in [0.29, 0.717) is 5.41 Å². The highest BCUT2D eigenvalue weighted by molar-refractivity contribution is 4.89. The van der Waals surface area contributed by atoms with Crippen LogP contribution in [0.4, 0.5) is 0 Å². The van der Waals surface area contributed by atoms with Crippen molar-refractivity contribution >= 4 is 0 Å². The molecule has 0 aromatic rings. The predicted molar refractivity (Wildman–Crippen MR) is 71.3 cm³/mol. The van der Waals surface area contributed by atoms with Gasteiger partial charge in [0.05, 0.1) is 6.61 Å². The third-order valence-electron chi connectivity index (χ3n) is 4.59. The molecule has 0 aromatic heterocycles. The maximum Gasteiger partial charge on any atom is 0.0531 e. The van der Waals surface area contributed by atoms with Crippen LogP contribution in [0.3, 0.4) is 0 Å². The van der Waals surface area contributed by atoms with Crippen LogP contribution in [-0.4, -0.2) is 50.8 Å². The second-order valence-corrected chi connectivity index (χ2v) is 6.00. The Morgan fingerprint density at radius 3 is 2.71 bits per heavy atom. The topological polar surface area (TPSA) is 24.5 Å². The Bertz CT molecular complexity index is 221. The predicted octanol–water partition coefficient (Wildman–Crippen LogP) is 1.88. The van der Waals surface area contributed by atoms with E-state index in [9.17, 15) is 0 Å². The zero-order valence-electron chi connectivity index (χ0n) is 11.5. The summed E-state index contributed by atoms with van der Waals surface area (Å²) in [5.74, 6) is 0. The molecule has 2 saturated heterocycles. The van der Waals surface area contributed by atoms with E-state index in [1.807, 2.05) is 7.11 Å². The van der Waals surface area contributed by atoms with Crippen molar-refractivity contribution in [3.8, 4) is 0 Å². The van der Waals surface area contributed by atoms with Crippen molar-refractivity contribution in [2.24, 2.45) is 5.41 Å². The molecule has 2 rings (SSSR count). The first-order chi connectivity index (χ1) is 8.26. The van der Waals surface area contributed by atoms with Crippen molar-refractivity contribution in [2.45, 2.75) is 45.1 Å². The summed E-state index contributed by atoms with van der Waals surface area (Å²) in [6.07, 6.45) is 6.71. The fraction of sp³-hybridized carbons (Fsp3) is 1.00. The molecule has 0 saturated carbocycles. The number of ether oxygens (including phenoxy) is 1. The lowest BCUT2D eigenvalue weighted by atomic mass is 9.78. The summed E-state index contributed by atoms with van der Waals surface area (Å²) in [5.41, 5.74) is 0.408. The number of nitrogens with zero attached hydrogens (tertiary/aromatic N) is 1. The number of methoxy groups -OCH3 is 1. The van der Waals surface area contributed by atoms with E-state index in [-0.39, 0.29) is 0 Å². The van der Waals surface area contributed by atoms with Crippen LogP contribution in [0.2, 0.25) is 0 Å². The number of hydrogen-bond acceptors (Lipinski definition) is 3. The molecule has 0 radical (unpaired) electrons. The van der Waals surface area contributed by atoms with Crippen LogP contribution >= 0.6 is 0 Å². The lowest BCUT2D eigenvalue weighted by Crippen LogP contribution is -2.50. The summed E-state index contributed by atoms with van der Waals surface area (Å²) in [6, 6.07) is 0.771. The first kappa shape index (κ1) is 13.3. The van der Waals surface area contributed by atoms with Gasteiger partial charge < -0.3 is 15.0 Å². The Morgan fingerprint density at radius 2 is 2.06 bits per heavy atom. The van der Waals surface area contributed by atoms with Gasteiger partial charge in [-0.05, 0) is 52.2 Å². The quantitative estimate of drug-likeness (QED) is 0.812. The van der Waals surface area contributed by atoms with Crippen LogP contribution in [0.5, 0.6) is 0 Å². The first-order valence-corrected chi connectivity index (χ1v) is 7.19. The number of hydrogen-bond donors (Lipinski definition) is 1. The average molecular weight is 240 g/mol. The molecule has 100 valence electrons. The molecule has 0 bridgehead atoms. The van der Waals surface area contributed by atoms with Crippen LogP contribution in [0, 0.1) is 5.41 Å². The largest absolute Gasteiger partial charge is 0.384 e. The number of piperidine rings is 2. The molecular formula is C14H28N2O. The minimum atomic E-state index is 0.408. The van der Waals surface area contributed by atoms with E-state index < -0.39 is 0 Å². The lowest BCUT2D eigenvalue weighted by Gasteiger charge is -2.44. The molecule has 2 heterocycles. The van der Waals surface area contributed by atoms with Gasteiger partial charge in [-0.15, -0.1) is 0 Å². The van der Waals surface area contributed by atoms with E-state index >= 15 is 0 Å². The molecule has 3 heteroatoms. The highest BCUT2D eigenvalue weighted by Gasteiger charge is 2.35. The van der Waals surface area contributed by atoms with Gasteiger partial charge in [0.25, 0.3) is 0 Å². The highest BCUT2D eigenvalue weighted by Crippen LogP contribution is 2.32. The van der Waals surface area contributed by atoms with Crippen LogP contribution in [0.1, 0.15) is 39.0 Å². The minimum absolute atomic E-state index is 0.408. The molecule has 1 atom stereocenters. The molecule has 17 heavy (non-hydrogen) atoms. The Morgan fingerprint density at radius 1 is 1.29 bits per heavy atom. The average Bonchev–Trinajstić information content (AvgIpc) is 2.34. The lowest BCUT2D eigenvalue weighted by molar-refractivity contribution is 0.00470. The van der Waals surface area contributed by atoms with Gasteiger partial charge in [-0.3, -0.25) is 0 Å². The molecule has 0 aromatic carbocycles. The van der Waals surface area contributed by atoms with Crippen LogP contribution in [-0.2, 0) is 4.74 Å². The Kier molecular flexibility index (Phi) is 4.83. The molecule has 1 N–H and O–H groups in total. The summed E-state index contributed by atoms with van der Waals surface area (Å²) in [6.45, 7) is 8.17. The van der Waals surface area contributed by atoms with Crippen molar-refractivity contribution < 1.29 is 4.74 Å². The number of nitrogens with one attached hydrogen (secondary N) is 1. The van der Waals surface area contributed by atoms with Gasteiger partial charge >= 0.3 is 0 Å².